The van der Waals surface area contributed by atoms with Gasteiger partial charge in [0, 0.05) is 19.5 Å². The molecule has 1 unspecified atom stereocenters. The van der Waals surface area contributed by atoms with E-state index in [9.17, 15) is 9.59 Å². The van der Waals surface area contributed by atoms with Gasteiger partial charge in [0.1, 0.15) is 5.75 Å². The van der Waals surface area contributed by atoms with Crippen molar-refractivity contribution < 1.29 is 14.3 Å². The third-order valence-electron chi connectivity index (χ3n) is 3.48. The average molecular weight is 286 g/mol. The number of hydrogen-bond donors (Lipinski definition) is 1. The highest BCUT2D eigenvalue weighted by molar-refractivity contribution is 5.89. The Kier molecular flexibility index (Phi) is 4.83. The number of carbonyl (C=O) groups excluding carboxylic acids is 2. The number of rotatable bonds is 5. The normalized spacial score (nSPS) is 17.4. The minimum atomic E-state index is -0.316. The molecule has 1 fully saturated rings. The van der Waals surface area contributed by atoms with Crippen molar-refractivity contribution in [3.63, 3.8) is 0 Å². The number of terminal acetylenes is 1. The fourth-order valence-corrected chi connectivity index (χ4v) is 2.33. The summed E-state index contributed by atoms with van der Waals surface area (Å²) in [6.07, 6.45) is 5.35. The first-order valence-electron chi connectivity index (χ1n) is 6.76. The van der Waals surface area contributed by atoms with Gasteiger partial charge in [-0.25, -0.2) is 0 Å². The van der Waals surface area contributed by atoms with Crippen LogP contribution in [0.2, 0.25) is 0 Å². The Labute approximate surface area is 124 Å². The van der Waals surface area contributed by atoms with Gasteiger partial charge in [0.15, 0.2) is 0 Å². The summed E-state index contributed by atoms with van der Waals surface area (Å²) >= 11 is 0. The van der Waals surface area contributed by atoms with Crippen LogP contribution < -0.4 is 10.1 Å². The molecule has 5 heteroatoms. The number of carbonyl (C=O) groups is 2. The number of benzene rings is 1. The van der Waals surface area contributed by atoms with Crippen molar-refractivity contribution in [1.82, 2.24) is 10.2 Å². The van der Waals surface area contributed by atoms with E-state index in [0.717, 1.165) is 11.3 Å². The zero-order chi connectivity index (χ0) is 15.2. The van der Waals surface area contributed by atoms with Gasteiger partial charge < -0.3 is 15.0 Å². The quantitative estimate of drug-likeness (QED) is 0.814. The van der Waals surface area contributed by atoms with Gasteiger partial charge in [-0.1, -0.05) is 18.1 Å². The minimum absolute atomic E-state index is 0.00771. The lowest BCUT2D eigenvalue weighted by atomic mass is 10.1. The van der Waals surface area contributed by atoms with Crippen molar-refractivity contribution in [3.8, 4) is 18.1 Å². The molecule has 0 radical (unpaired) electrons. The largest absolute Gasteiger partial charge is 0.497 e. The Morgan fingerprint density at radius 3 is 2.81 bits per heavy atom. The first kappa shape index (κ1) is 14.9. The predicted octanol–water partition coefficient (Wildman–Crippen LogP) is 0.793. The standard InChI is InChI=1S/C16H18N2O3/c1-3-8-17-16(20)13-9-15(19)18(11-13)10-12-4-6-14(21-2)7-5-12/h1,4-7,13H,8-11H2,2H3,(H,17,20). The Hall–Kier alpha value is -2.48. The molecular weight excluding hydrogens is 268 g/mol. The number of amides is 2. The van der Waals surface area contributed by atoms with E-state index >= 15 is 0 Å². The Morgan fingerprint density at radius 2 is 2.19 bits per heavy atom. The van der Waals surface area contributed by atoms with E-state index in [4.69, 9.17) is 11.2 Å². The van der Waals surface area contributed by atoms with Gasteiger partial charge in [-0.3, -0.25) is 9.59 Å². The molecule has 5 nitrogen and oxygen atoms in total. The monoisotopic (exact) mass is 286 g/mol. The lowest BCUT2D eigenvalue weighted by Crippen LogP contribution is -2.33. The summed E-state index contributed by atoms with van der Waals surface area (Å²) in [5, 5.41) is 2.62. The molecule has 1 heterocycles. The van der Waals surface area contributed by atoms with Crippen LogP contribution in [0, 0.1) is 18.3 Å². The maximum Gasteiger partial charge on any atom is 0.226 e. The van der Waals surface area contributed by atoms with Crippen molar-refractivity contribution in [1.29, 1.82) is 0 Å². The van der Waals surface area contributed by atoms with Crippen LogP contribution in [0.1, 0.15) is 12.0 Å². The summed E-state index contributed by atoms with van der Waals surface area (Å²) < 4.78 is 5.10. The number of nitrogens with zero attached hydrogens (tertiary/aromatic N) is 1. The van der Waals surface area contributed by atoms with Crippen molar-refractivity contribution >= 4 is 11.8 Å². The highest BCUT2D eigenvalue weighted by atomic mass is 16.5. The molecule has 1 aromatic carbocycles. The van der Waals surface area contributed by atoms with Crippen molar-refractivity contribution in [2.45, 2.75) is 13.0 Å². The molecule has 1 atom stereocenters. The van der Waals surface area contributed by atoms with E-state index in [1.807, 2.05) is 24.3 Å². The fourth-order valence-electron chi connectivity index (χ4n) is 2.33. The third kappa shape index (κ3) is 3.76. The average Bonchev–Trinajstić information content (AvgIpc) is 2.87. The molecule has 0 spiro atoms. The van der Waals surface area contributed by atoms with Crippen LogP contribution in [0.15, 0.2) is 24.3 Å². The number of likely N-dealkylation sites (tertiary alicyclic amines) is 1. The van der Waals surface area contributed by atoms with Crippen LogP contribution in [0.3, 0.4) is 0 Å². The van der Waals surface area contributed by atoms with Gasteiger partial charge in [0.25, 0.3) is 0 Å². The van der Waals surface area contributed by atoms with E-state index < -0.39 is 0 Å². The highest BCUT2D eigenvalue weighted by Gasteiger charge is 2.33. The van der Waals surface area contributed by atoms with Gasteiger partial charge >= 0.3 is 0 Å². The Morgan fingerprint density at radius 1 is 1.48 bits per heavy atom. The van der Waals surface area contributed by atoms with E-state index in [0.29, 0.717) is 13.1 Å². The number of methoxy groups -OCH3 is 1. The predicted molar refractivity (Wildman–Crippen MR) is 78.4 cm³/mol. The molecule has 0 aromatic heterocycles. The van der Waals surface area contributed by atoms with Crippen LogP contribution in [0.25, 0.3) is 0 Å². The maximum absolute atomic E-state index is 12.0. The van der Waals surface area contributed by atoms with Crippen LogP contribution in [0.4, 0.5) is 0 Å². The Balaban J connectivity index is 1.93. The van der Waals surface area contributed by atoms with Gasteiger partial charge in [-0.15, -0.1) is 6.42 Å². The molecule has 2 amide bonds. The molecule has 1 saturated heterocycles. The van der Waals surface area contributed by atoms with E-state index in [1.165, 1.54) is 0 Å². The molecule has 0 saturated carbocycles. The van der Waals surface area contributed by atoms with Gasteiger partial charge in [-0.2, -0.15) is 0 Å². The third-order valence-corrected chi connectivity index (χ3v) is 3.48. The van der Waals surface area contributed by atoms with Crippen molar-refractivity contribution in [3.05, 3.63) is 29.8 Å². The first-order valence-corrected chi connectivity index (χ1v) is 6.76. The van der Waals surface area contributed by atoms with Gasteiger partial charge in [0.2, 0.25) is 11.8 Å². The summed E-state index contributed by atoms with van der Waals surface area (Å²) in [5.74, 6) is 2.65. The molecule has 21 heavy (non-hydrogen) atoms. The summed E-state index contributed by atoms with van der Waals surface area (Å²) in [6, 6.07) is 7.54. The number of nitrogens with one attached hydrogen (secondary N) is 1. The number of hydrogen-bond acceptors (Lipinski definition) is 3. The van der Waals surface area contributed by atoms with Crippen LogP contribution in [-0.4, -0.2) is 36.9 Å². The van der Waals surface area contributed by atoms with Gasteiger partial charge in [0.05, 0.1) is 19.6 Å². The second-order valence-corrected chi connectivity index (χ2v) is 4.95. The first-order chi connectivity index (χ1) is 10.1. The van der Waals surface area contributed by atoms with Crippen molar-refractivity contribution in [2.24, 2.45) is 5.92 Å². The number of ether oxygens (including phenoxy) is 1. The fraction of sp³-hybridized carbons (Fsp3) is 0.375. The summed E-state index contributed by atoms with van der Waals surface area (Å²) in [5.41, 5.74) is 1.01. The molecule has 1 aromatic rings. The molecule has 110 valence electrons. The highest BCUT2D eigenvalue weighted by Crippen LogP contribution is 2.21. The molecule has 1 aliphatic heterocycles. The second-order valence-electron chi connectivity index (χ2n) is 4.95. The molecule has 0 bridgehead atoms. The summed E-state index contributed by atoms with van der Waals surface area (Å²) in [7, 11) is 1.61. The van der Waals surface area contributed by atoms with Gasteiger partial charge in [-0.05, 0) is 17.7 Å². The van der Waals surface area contributed by atoms with E-state index in [-0.39, 0.29) is 30.7 Å². The smallest absolute Gasteiger partial charge is 0.226 e. The topological polar surface area (TPSA) is 58.6 Å². The SMILES string of the molecule is C#CCNC(=O)C1CC(=O)N(Cc2ccc(OC)cc2)C1. The molecule has 0 aliphatic carbocycles. The van der Waals surface area contributed by atoms with Crippen LogP contribution >= 0.6 is 0 Å². The lowest BCUT2D eigenvalue weighted by molar-refractivity contribution is -0.129. The minimum Gasteiger partial charge on any atom is -0.497 e. The second kappa shape index (κ2) is 6.80. The van der Waals surface area contributed by atoms with E-state index in [2.05, 4.69) is 11.2 Å². The molecule has 2 rings (SSSR count). The molecule has 1 N–H and O–H groups in total. The molecular formula is C16H18N2O3. The van der Waals surface area contributed by atoms with Crippen LogP contribution in [-0.2, 0) is 16.1 Å². The van der Waals surface area contributed by atoms with Crippen LogP contribution in [0.5, 0.6) is 5.75 Å². The zero-order valence-corrected chi connectivity index (χ0v) is 12.0. The summed E-state index contributed by atoms with van der Waals surface area (Å²) in [6.45, 7) is 1.13. The summed E-state index contributed by atoms with van der Waals surface area (Å²) in [4.78, 5) is 25.5. The zero-order valence-electron chi connectivity index (χ0n) is 12.0. The maximum atomic E-state index is 12.0. The molecule has 1 aliphatic rings. The lowest BCUT2D eigenvalue weighted by Gasteiger charge is -2.16. The Bertz CT molecular complexity index is 560. The van der Waals surface area contributed by atoms with Crippen molar-refractivity contribution in [2.75, 3.05) is 20.2 Å². The van der Waals surface area contributed by atoms with E-state index in [1.54, 1.807) is 12.0 Å².